The smallest absolute Gasteiger partial charge is 0.275 e. The Morgan fingerprint density at radius 2 is 2.16 bits per heavy atom. The number of nitrogens with zero attached hydrogens (tertiary/aromatic N) is 4. The number of thiophene rings is 1. The fourth-order valence-corrected chi connectivity index (χ4v) is 4.57. The summed E-state index contributed by atoms with van der Waals surface area (Å²) in [5.41, 5.74) is 1.13. The molecular weight excluding hydrogens is 434 g/mol. The minimum atomic E-state index is -0.365. The van der Waals surface area contributed by atoms with Gasteiger partial charge in [-0.05, 0) is 30.7 Å². The Morgan fingerprint density at radius 3 is 2.84 bits per heavy atom. The predicted molar refractivity (Wildman–Crippen MR) is 125 cm³/mol. The van der Waals surface area contributed by atoms with Crippen LogP contribution in [0, 0.1) is 0 Å². The largest absolute Gasteiger partial charge is 0.396 e. The molecule has 3 rings (SSSR count). The summed E-state index contributed by atoms with van der Waals surface area (Å²) >= 11 is 2.97. The summed E-state index contributed by atoms with van der Waals surface area (Å²) in [5.74, 6) is -0.268. The zero-order valence-corrected chi connectivity index (χ0v) is 19.1. The number of rotatable bonds is 10. The molecule has 0 aliphatic rings. The van der Waals surface area contributed by atoms with Gasteiger partial charge < -0.3 is 10.4 Å². The van der Waals surface area contributed by atoms with Crippen LogP contribution in [0.15, 0.2) is 41.2 Å². The molecule has 3 aromatic rings. The van der Waals surface area contributed by atoms with Crippen LogP contribution >= 0.6 is 22.7 Å². The van der Waals surface area contributed by atoms with E-state index in [1.165, 1.54) is 16.2 Å². The highest BCUT2D eigenvalue weighted by atomic mass is 32.1. The van der Waals surface area contributed by atoms with Crippen molar-refractivity contribution in [3.8, 4) is 9.88 Å². The standard InChI is InChI=1S/C21H25N5O3S2/c1-4-9-26(21(29)14(2)7-5-10-27)18-15(12-25(3)24-18)22-19(28)16-13-31-20(23-16)17-8-6-11-30-17/h6,8,11-13,27H,2,4-5,7,9-10H2,1,3H3,(H,22,28). The van der Waals surface area contributed by atoms with Gasteiger partial charge in [0.15, 0.2) is 5.82 Å². The molecule has 31 heavy (non-hydrogen) atoms. The maximum atomic E-state index is 13.0. The molecular formula is C21H25N5O3S2. The van der Waals surface area contributed by atoms with Gasteiger partial charge in [0, 0.05) is 31.2 Å². The molecule has 164 valence electrons. The number of aliphatic hydroxyl groups is 1. The first-order chi connectivity index (χ1) is 14.9. The molecule has 2 N–H and O–H groups in total. The minimum Gasteiger partial charge on any atom is -0.396 e. The number of amides is 2. The van der Waals surface area contributed by atoms with Crippen molar-refractivity contribution in [2.45, 2.75) is 26.2 Å². The fourth-order valence-electron chi connectivity index (χ4n) is 2.96. The Bertz CT molecular complexity index is 1060. The van der Waals surface area contributed by atoms with E-state index >= 15 is 0 Å². The Hall–Kier alpha value is -2.82. The Labute approximate surface area is 188 Å². The van der Waals surface area contributed by atoms with Crippen molar-refractivity contribution >= 4 is 46.0 Å². The SMILES string of the molecule is C=C(CCCO)C(=O)N(CCC)c1nn(C)cc1NC(=O)c1csc(-c2cccs2)n1. The number of carbonyl (C=O) groups excluding carboxylic acids is 2. The van der Waals surface area contributed by atoms with E-state index < -0.39 is 0 Å². The van der Waals surface area contributed by atoms with E-state index in [2.05, 4.69) is 22.0 Å². The quantitative estimate of drug-likeness (QED) is 0.448. The molecule has 2 amide bonds. The third-order valence-electron chi connectivity index (χ3n) is 4.41. The van der Waals surface area contributed by atoms with E-state index in [0.717, 1.165) is 9.88 Å². The van der Waals surface area contributed by atoms with Gasteiger partial charge in [-0.15, -0.1) is 22.7 Å². The summed E-state index contributed by atoms with van der Waals surface area (Å²) in [4.78, 5) is 32.8. The van der Waals surface area contributed by atoms with Crippen LogP contribution in [-0.2, 0) is 11.8 Å². The molecule has 0 spiro atoms. The normalized spacial score (nSPS) is 10.8. The highest BCUT2D eigenvalue weighted by molar-refractivity contribution is 7.20. The van der Waals surface area contributed by atoms with E-state index in [-0.39, 0.29) is 18.4 Å². The van der Waals surface area contributed by atoms with Crippen molar-refractivity contribution in [2.75, 3.05) is 23.4 Å². The number of aliphatic hydroxyl groups excluding tert-OH is 1. The number of hydrogen-bond acceptors (Lipinski definition) is 7. The van der Waals surface area contributed by atoms with Gasteiger partial charge >= 0.3 is 0 Å². The number of anilines is 2. The molecule has 0 unspecified atom stereocenters. The maximum Gasteiger partial charge on any atom is 0.275 e. The highest BCUT2D eigenvalue weighted by Crippen LogP contribution is 2.29. The lowest BCUT2D eigenvalue weighted by Gasteiger charge is -2.22. The van der Waals surface area contributed by atoms with Crippen LogP contribution in [0.3, 0.4) is 0 Å². The van der Waals surface area contributed by atoms with Crippen molar-refractivity contribution in [3.63, 3.8) is 0 Å². The van der Waals surface area contributed by atoms with Gasteiger partial charge in [0.25, 0.3) is 11.8 Å². The molecule has 0 radical (unpaired) electrons. The molecule has 0 atom stereocenters. The average Bonchev–Trinajstić information content (AvgIpc) is 3.50. The topological polar surface area (TPSA) is 100 Å². The molecule has 3 heterocycles. The first-order valence-corrected chi connectivity index (χ1v) is 11.7. The zero-order valence-electron chi connectivity index (χ0n) is 17.5. The molecule has 0 fully saturated rings. The van der Waals surface area contributed by atoms with Gasteiger partial charge in [-0.25, -0.2) is 4.98 Å². The number of carbonyl (C=O) groups is 2. The van der Waals surface area contributed by atoms with Gasteiger partial charge in [-0.2, -0.15) is 5.10 Å². The average molecular weight is 460 g/mol. The molecule has 3 aromatic heterocycles. The summed E-state index contributed by atoms with van der Waals surface area (Å²) in [6.45, 7) is 6.24. The third-order valence-corrected chi connectivity index (χ3v) is 6.29. The van der Waals surface area contributed by atoms with Crippen molar-refractivity contribution < 1.29 is 14.7 Å². The van der Waals surface area contributed by atoms with Gasteiger partial charge in [-0.1, -0.05) is 19.6 Å². The number of aryl methyl sites for hydroxylation is 1. The summed E-state index contributed by atoms with van der Waals surface area (Å²) in [7, 11) is 1.73. The predicted octanol–water partition coefficient (Wildman–Crippen LogP) is 3.93. The maximum absolute atomic E-state index is 13.0. The van der Waals surface area contributed by atoms with Crippen LogP contribution in [0.5, 0.6) is 0 Å². The molecule has 8 nitrogen and oxygen atoms in total. The minimum absolute atomic E-state index is 0.00786. The van der Waals surface area contributed by atoms with E-state index in [0.29, 0.717) is 48.6 Å². The van der Waals surface area contributed by atoms with Gasteiger partial charge in [0.1, 0.15) is 16.4 Å². The van der Waals surface area contributed by atoms with Crippen LogP contribution in [0.4, 0.5) is 11.5 Å². The van der Waals surface area contributed by atoms with E-state index in [1.54, 1.807) is 34.6 Å². The lowest BCUT2D eigenvalue weighted by Crippen LogP contribution is -2.34. The number of nitrogens with one attached hydrogen (secondary N) is 1. The summed E-state index contributed by atoms with van der Waals surface area (Å²) < 4.78 is 1.55. The van der Waals surface area contributed by atoms with E-state index in [4.69, 9.17) is 5.11 Å². The van der Waals surface area contributed by atoms with Crippen LogP contribution in [0.1, 0.15) is 36.7 Å². The van der Waals surface area contributed by atoms with E-state index in [9.17, 15) is 9.59 Å². The second-order valence-electron chi connectivity index (χ2n) is 6.90. The molecule has 0 bridgehead atoms. The lowest BCUT2D eigenvalue weighted by molar-refractivity contribution is -0.115. The molecule has 10 heteroatoms. The van der Waals surface area contributed by atoms with E-state index in [1.807, 2.05) is 24.4 Å². The molecule has 0 saturated carbocycles. The van der Waals surface area contributed by atoms with Gasteiger partial charge in [0.2, 0.25) is 0 Å². The second-order valence-corrected chi connectivity index (χ2v) is 8.70. The Balaban J connectivity index is 1.82. The Morgan fingerprint density at radius 1 is 1.35 bits per heavy atom. The Kier molecular flexibility index (Phi) is 7.72. The number of thiazole rings is 1. The fraction of sp³-hybridized carbons (Fsp3) is 0.333. The number of hydrogen-bond donors (Lipinski definition) is 2. The van der Waals surface area contributed by atoms with Crippen molar-refractivity contribution in [2.24, 2.45) is 7.05 Å². The molecule has 0 saturated heterocycles. The van der Waals surface area contributed by atoms with Crippen LogP contribution in [-0.4, -0.2) is 44.8 Å². The lowest BCUT2D eigenvalue weighted by atomic mass is 10.1. The van der Waals surface area contributed by atoms with Crippen LogP contribution in [0.2, 0.25) is 0 Å². The molecule has 0 aliphatic heterocycles. The van der Waals surface area contributed by atoms with Crippen molar-refractivity contribution in [3.05, 3.63) is 46.9 Å². The summed E-state index contributed by atoms with van der Waals surface area (Å²) in [6, 6.07) is 3.90. The zero-order chi connectivity index (χ0) is 22.4. The summed E-state index contributed by atoms with van der Waals surface area (Å²) in [6.07, 6.45) is 3.23. The van der Waals surface area contributed by atoms with Crippen LogP contribution < -0.4 is 10.2 Å². The van der Waals surface area contributed by atoms with Gasteiger partial charge in [-0.3, -0.25) is 19.2 Å². The molecule has 0 aliphatic carbocycles. The monoisotopic (exact) mass is 459 g/mol. The highest BCUT2D eigenvalue weighted by Gasteiger charge is 2.25. The van der Waals surface area contributed by atoms with Crippen molar-refractivity contribution in [1.29, 1.82) is 0 Å². The van der Waals surface area contributed by atoms with Gasteiger partial charge in [0.05, 0.1) is 11.1 Å². The first kappa shape index (κ1) is 22.9. The number of aromatic nitrogens is 3. The third kappa shape index (κ3) is 5.46. The summed E-state index contributed by atoms with van der Waals surface area (Å²) in [5, 5.41) is 20.8. The molecule has 0 aromatic carbocycles. The first-order valence-electron chi connectivity index (χ1n) is 9.89. The van der Waals surface area contributed by atoms with Crippen LogP contribution in [0.25, 0.3) is 9.88 Å². The second kappa shape index (κ2) is 10.5. The van der Waals surface area contributed by atoms with Crippen molar-refractivity contribution in [1.82, 2.24) is 14.8 Å².